The van der Waals surface area contributed by atoms with Gasteiger partial charge in [0.05, 0.1) is 11.3 Å². The summed E-state index contributed by atoms with van der Waals surface area (Å²) < 4.78 is 0. The third-order valence-electron chi connectivity index (χ3n) is 6.11. The normalized spacial score (nSPS) is 24.8. The smallest absolute Gasteiger partial charge is 0.251 e. The fourth-order valence-corrected chi connectivity index (χ4v) is 5.50. The Kier molecular flexibility index (Phi) is 4.51. The molecule has 0 bridgehead atoms. The Morgan fingerprint density at radius 2 is 2.10 bits per heavy atom. The zero-order chi connectivity index (χ0) is 20.1. The fourth-order valence-electron chi connectivity index (χ4n) is 4.80. The molecule has 5 rings (SSSR count). The number of aliphatic hydroxyl groups excluding tert-OH is 1. The highest BCUT2D eigenvalue weighted by Gasteiger charge is 2.43. The molecule has 3 aromatic rings. The van der Waals surface area contributed by atoms with E-state index in [4.69, 9.17) is 0 Å². The first kappa shape index (κ1) is 18.5. The van der Waals surface area contributed by atoms with Gasteiger partial charge in [0.25, 0.3) is 5.91 Å². The molecule has 4 heterocycles. The van der Waals surface area contributed by atoms with Crippen LogP contribution in [0, 0.1) is 18.8 Å². The average Bonchev–Trinajstić information content (AvgIpc) is 3.44. The zero-order valence-electron chi connectivity index (χ0n) is 16.4. The summed E-state index contributed by atoms with van der Waals surface area (Å²) in [5.74, 6) is 0.804. The zero-order valence-corrected chi connectivity index (χ0v) is 17.2. The van der Waals surface area contributed by atoms with E-state index in [0.29, 0.717) is 17.9 Å². The summed E-state index contributed by atoms with van der Waals surface area (Å²) in [6, 6.07) is 2.38. The number of likely N-dealkylation sites (tertiary alicyclic amines) is 1. The molecule has 8 nitrogen and oxygen atoms in total. The van der Waals surface area contributed by atoms with E-state index in [1.54, 1.807) is 18.3 Å². The summed E-state index contributed by atoms with van der Waals surface area (Å²) >= 11 is 1.57. The number of H-pyrrole nitrogens is 1. The Labute approximate surface area is 172 Å². The van der Waals surface area contributed by atoms with E-state index >= 15 is 0 Å². The highest BCUT2D eigenvalue weighted by atomic mass is 32.1. The van der Waals surface area contributed by atoms with Crippen molar-refractivity contribution in [2.24, 2.45) is 11.8 Å². The summed E-state index contributed by atoms with van der Waals surface area (Å²) in [5, 5.41) is 24.7. The Bertz CT molecular complexity index is 1050. The van der Waals surface area contributed by atoms with Crippen molar-refractivity contribution in [1.82, 2.24) is 25.1 Å². The molecule has 3 aromatic heterocycles. The molecule has 1 unspecified atom stereocenters. The van der Waals surface area contributed by atoms with Crippen LogP contribution in [0.1, 0.15) is 24.8 Å². The number of rotatable bonds is 4. The quantitative estimate of drug-likeness (QED) is 0.608. The standard InChI is InChI=1S/C20H24N6O2S/c1-10(27)20(28)26-8-12-5-14(6-13(12)9-26)23-17-15-3-4-21-18(15)22-7-16(17)19-25-24-11(2)29-19/h3-4,7,10,12-14,27H,5-6,8-9H2,1-2H3,(H2,21,22,23)/t10-,12-,13+,14?/m0/s1. The second-order valence-corrected chi connectivity index (χ2v) is 9.35. The maximum absolute atomic E-state index is 12.1. The van der Waals surface area contributed by atoms with Crippen LogP contribution in [0.2, 0.25) is 0 Å². The second kappa shape index (κ2) is 7.07. The number of fused-ring (bicyclic) bond motifs is 2. The van der Waals surface area contributed by atoms with Crippen molar-refractivity contribution in [3.05, 3.63) is 23.5 Å². The van der Waals surface area contributed by atoms with Crippen molar-refractivity contribution in [3.63, 3.8) is 0 Å². The lowest BCUT2D eigenvalue weighted by Gasteiger charge is -2.22. The molecule has 1 saturated carbocycles. The van der Waals surface area contributed by atoms with Gasteiger partial charge in [-0.25, -0.2) is 4.98 Å². The molecule has 0 spiro atoms. The van der Waals surface area contributed by atoms with Crippen LogP contribution in [-0.2, 0) is 4.79 Å². The van der Waals surface area contributed by atoms with Gasteiger partial charge in [0.1, 0.15) is 16.8 Å². The summed E-state index contributed by atoms with van der Waals surface area (Å²) in [4.78, 5) is 21.7. The van der Waals surface area contributed by atoms with Crippen LogP contribution in [0.5, 0.6) is 0 Å². The molecular formula is C20H24N6O2S. The van der Waals surface area contributed by atoms with Crippen LogP contribution in [0.3, 0.4) is 0 Å². The molecule has 1 amide bonds. The lowest BCUT2D eigenvalue weighted by Crippen LogP contribution is -2.37. The number of pyridine rings is 1. The molecule has 1 aliphatic heterocycles. The summed E-state index contributed by atoms with van der Waals surface area (Å²) in [6.07, 6.45) is 4.87. The lowest BCUT2D eigenvalue weighted by atomic mass is 10.0. The van der Waals surface area contributed by atoms with Gasteiger partial charge in [-0.05, 0) is 44.6 Å². The molecule has 0 radical (unpaired) electrons. The first-order chi connectivity index (χ1) is 14.0. The van der Waals surface area contributed by atoms with Crippen LogP contribution < -0.4 is 5.32 Å². The molecule has 152 valence electrons. The van der Waals surface area contributed by atoms with Crippen molar-refractivity contribution >= 4 is 34.0 Å². The predicted octanol–water partition coefficient (Wildman–Crippen LogP) is 2.42. The minimum Gasteiger partial charge on any atom is -0.384 e. The van der Waals surface area contributed by atoms with E-state index in [1.807, 2.05) is 30.3 Å². The summed E-state index contributed by atoms with van der Waals surface area (Å²) in [6.45, 7) is 4.98. The second-order valence-electron chi connectivity index (χ2n) is 8.17. The van der Waals surface area contributed by atoms with Gasteiger partial charge in [0.2, 0.25) is 0 Å². The van der Waals surface area contributed by atoms with E-state index in [2.05, 4.69) is 25.5 Å². The Morgan fingerprint density at radius 1 is 1.34 bits per heavy atom. The number of aliphatic hydroxyl groups is 1. The Morgan fingerprint density at radius 3 is 2.76 bits per heavy atom. The molecule has 29 heavy (non-hydrogen) atoms. The number of aromatic amines is 1. The van der Waals surface area contributed by atoms with Gasteiger partial charge < -0.3 is 20.3 Å². The molecular weight excluding hydrogens is 388 g/mol. The van der Waals surface area contributed by atoms with Crippen molar-refractivity contribution in [2.75, 3.05) is 18.4 Å². The fraction of sp³-hybridized carbons (Fsp3) is 0.500. The Hall–Kier alpha value is -2.52. The minimum absolute atomic E-state index is 0.152. The van der Waals surface area contributed by atoms with Crippen molar-refractivity contribution in [1.29, 1.82) is 0 Å². The van der Waals surface area contributed by atoms with Gasteiger partial charge in [-0.2, -0.15) is 0 Å². The molecule has 9 heteroatoms. The van der Waals surface area contributed by atoms with E-state index in [0.717, 1.165) is 58.2 Å². The number of hydrogen-bond acceptors (Lipinski definition) is 7. The monoisotopic (exact) mass is 412 g/mol. The number of anilines is 1. The van der Waals surface area contributed by atoms with Gasteiger partial charge in [-0.1, -0.05) is 11.3 Å². The van der Waals surface area contributed by atoms with Crippen molar-refractivity contribution in [3.8, 4) is 10.6 Å². The van der Waals surface area contributed by atoms with Crippen molar-refractivity contribution < 1.29 is 9.90 Å². The van der Waals surface area contributed by atoms with Crippen LogP contribution >= 0.6 is 11.3 Å². The van der Waals surface area contributed by atoms with Crippen LogP contribution in [0.25, 0.3) is 21.6 Å². The number of hydrogen-bond donors (Lipinski definition) is 3. The number of carbonyl (C=O) groups excluding carboxylic acids is 1. The topological polar surface area (TPSA) is 107 Å². The first-order valence-electron chi connectivity index (χ1n) is 9.99. The number of nitrogens with one attached hydrogen (secondary N) is 2. The highest BCUT2D eigenvalue weighted by molar-refractivity contribution is 7.14. The van der Waals surface area contributed by atoms with E-state index in [9.17, 15) is 9.90 Å². The van der Waals surface area contributed by atoms with Gasteiger partial charge in [0, 0.05) is 36.9 Å². The average molecular weight is 413 g/mol. The maximum atomic E-state index is 12.1. The lowest BCUT2D eigenvalue weighted by molar-refractivity contribution is -0.138. The largest absolute Gasteiger partial charge is 0.384 e. The molecule has 2 aliphatic rings. The van der Waals surface area contributed by atoms with Gasteiger partial charge in [-0.3, -0.25) is 4.79 Å². The van der Waals surface area contributed by atoms with Gasteiger partial charge in [0.15, 0.2) is 5.01 Å². The molecule has 4 atom stereocenters. The number of nitrogens with zero attached hydrogens (tertiary/aromatic N) is 4. The minimum atomic E-state index is -0.917. The van der Waals surface area contributed by atoms with Crippen molar-refractivity contribution in [2.45, 2.75) is 38.8 Å². The molecule has 1 aliphatic carbocycles. The van der Waals surface area contributed by atoms with E-state index < -0.39 is 6.10 Å². The SMILES string of the molecule is Cc1nnc(-c2cnc3[nH]ccc3c2NC2C[C@@H]3CN(C(=O)[C@H](C)O)C[C@@H]3C2)s1. The van der Waals surface area contributed by atoms with Gasteiger partial charge in [-0.15, -0.1) is 10.2 Å². The molecule has 2 fully saturated rings. The number of carbonyl (C=O) groups is 1. The number of aryl methyl sites for hydroxylation is 1. The van der Waals surface area contributed by atoms with Crippen LogP contribution in [0.4, 0.5) is 5.69 Å². The third kappa shape index (κ3) is 3.28. The maximum Gasteiger partial charge on any atom is 0.251 e. The van der Waals surface area contributed by atoms with E-state index in [1.165, 1.54) is 0 Å². The van der Waals surface area contributed by atoms with Gasteiger partial charge >= 0.3 is 0 Å². The van der Waals surface area contributed by atoms with E-state index in [-0.39, 0.29) is 5.91 Å². The number of amides is 1. The Balaban J connectivity index is 1.38. The predicted molar refractivity (Wildman–Crippen MR) is 112 cm³/mol. The van der Waals surface area contributed by atoms with Crippen LogP contribution in [0.15, 0.2) is 18.5 Å². The molecule has 0 aromatic carbocycles. The first-order valence-corrected chi connectivity index (χ1v) is 10.8. The molecule has 3 N–H and O–H groups in total. The highest BCUT2D eigenvalue weighted by Crippen LogP contribution is 2.42. The third-order valence-corrected chi connectivity index (χ3v) is 6.98. The summed E-state index contributed by atoms with van der Waals surface area (Å²) in [5.41, 5.74) is 2.88. The summed E-state index contributed by atoms with van der Waals surface area (Å²) in [7, 11) is 0. The molecule has 1 saturated heterocycles. The number of aromatic nitrogens is 4. The van der Waals surface area contributed by atoms with Crippen LogP contribution in [-0.4, -0.2) is 61.3 Å².